The van der Waals surface area contributed by atoms with E-state index in [4.69, 9.17) is 4.74 Å². The van der Waals surface area contributed by atoms with Crippen molar-refractivity contribution in [2.24, 2.45) is 0 Å². The Balaban J connectivity index is 1.13. The van der Waals surface area contributed by atoms with Gasteiger partial charge in [-0.2, -0.15) is 13.8 Å². The lowest BCUT2D eigenvalue weighted by Crippen LogP contribution is -2.57. The highest BCUT2D eigenvalue weighted by atomic mass is 19.3. The summed E-state index contributed by atoms with van der Waals surface area (Å²) < 4.78 is 34.7. The highest BCUT2D eigenvalue weighted by Crippen LogP contribution is 2.42. The number of aliphatic hydroxyl groups excluding tert-OH is 2. The summed E-state index contributed by atoms with van der Waals surface area (Å²) in [6.45, 7) is 0.991. The molecular formula is C34H40F2N10O9. The molecule has 6 heterocycles. The Morgan fingerprint density at radius 1 is 1.00 bits per heavy atom. The Kier molecular flexibility index (Phi) is 11.6. The van der Waals surface area contributed by atoms with Crippen LogP contribution in [0, 0.1) is 0 Å². The predicted molar refractivity (Wildman–Crippen MR) is 184 cm³/mol. The Hall–Kier alpha value is -5.67. The molecule has 0 radical (unpaired) electrons. The highest BCUT2D eigenvalue weighted by Gasteiger charge is 2.59. The number of ether oxygens (including phenoxy) is 1. The van der Waals surface area contributed by atoms with Gasteiger partial charge in [0, 0.05) is 55.6 Å². The van der Waals surface area contributed by atoms with Crippen LogP contribution in [0.2, 0.25) is 0 Å². The molecule has 0 bridgehead atoms. The van der Waals surface area contributed by atoms with Crippen LogP contribution >= 0.6 is 0 Å². The average Bonchev–Trinajstić information content (AvgIpc) is 4.00. The Morgan fingerprint density at radius 3 is 2.29 bits per heavy atom. The van der Waals surface area contributed by atoms with Crippen LogP contribution in [0.3, 0.4) is 0 Å². The number of aromatic amines is 1. The van der Waals surface area contributed by atoms with Gasteiger partial charge < -0.3 is 45.7 Å². The number of amides is 5. The zero-order valence-corrected chi connectivity index (χ0v) is 29.5. The largest absolute Gasteiger partial charge is 0.394 e. The van der Waals surface area contributed by atoms with E-state index in [1.165, 1.54) is 53.8 Å². The van der Waals surface area contributed by atoms with Crippen molar-refractivity contribution in [1.82, 2.24) is 44.9 Å². The summed E-state index contributed by atoms with van der Waals surface area (Å²) >= 11 is 0. The number of nitrogens with zero attached hydrogens (tertiary/aromatic N) is 6. The monoisotopic (exact) mass is 770 g/mol. The van der Waals surface area contributed by atoms with E-state index >= 15 is 0 Å². The van der Waals surface area contributed by atoms with E-state index < -0.39 is 90.4 Å². The first-order chi connectivity index (χ1) is 26.3. The minimum atomic E-state index is -3.93. The molecule has 3 aliphatic heterocycles. The third-order valence-electron chi connectivity index (χ3n) is 9.82. The fraction of sp³-hybridized carbons (Fsp3) is 0.500. The van der Waals surface area contributed by atoms with E-state index in [2.05, 4.69) is 35.9 Å². The molecule has 3 aromatic heterocycles. The SMILES string of the molecule is C[C@@H](NC(=O)c1ccncc1)C(=O)N1CCC[C@H]1C(=O)N[C@@H](Cc1cnc[nH]1)C(=O)N1CCCC1C(=O)Nc1ccn(C2OC(CO)C(O)C2(F)F)c(=O)n1. The maximum absolute atomic E-state index is 14.6. The summed E-state index contributed by atoms with van der Waals surface area (Å²) in [5.74, 6) is -7.13. The first-order valence-corrected chi connectivity index (χ1v) is 17.6. The van der Waals surface area contributed by atoms with Crippen molar-refractivity contribution in [3.63, 3.8) is 0 Å². The quantitative estimate of drug-likeness (QED) is 0.126. The van der Waals surface area contributed by atoms with Gasteiger partial charge in [0.15, 0.2) is 6.10 Å². The second kappa shape index (κ2) is 16.4. The van der Waals surface area contributed by atoms with E-state index in [0.717, 1.165) is 12.3 Å². The second-order valence-electron chi connectivity index (χ2n) is 13.5. The third kappa shape index (κ3) is 8.22. The third-order valence-corrected chi connectivity index (χ3v) is 9.82. The summed E-state index contributed by atoms with van der Waals surface area (Å²) in [5, 5.41) is 26.9. The first kappa shape index (κ1) is 39.0. The van der Waals surface area contributed by atoms with Gasteiger partial charge in [0.1, 0.15) is 36.1 Å². The molecule has 5 amide bonds. The van der Waals surface area contributed by atoms with Gasteiger partial charge in [-0.3, -0.25) is 33.5 Å². The van der Waals surface area contributed by atoms with Crippen molar-refractivity contribution in [2.75, 3.05) is 25.0 Å². The molecular weight excluding hydrogens is 730 g/mol. The van der Waals surface area contributed by atoms with Crippen molar-refractivity contribution >= 4 is 35.4 Å². The number of H-pyrrole nitrogens is 1. The molecule has 4 unspecified atom stereocenters. The maximum Gasteiger partial charge on any atom is 0.351 e. The van der Waals surface area contributed by atoms with Crippen LogP contribution in [0.25, 0.3) is 0 Å². The van der Waals surface area contributed by atoms with E-state index in [1.807, 2.05) is 0 Å². The number of nitrogens with one attached hydrogen (secondary N) is 4. The first-order valence-electron chi connectivity index (χ1n) is 17.6. The molecule has 6 N–H and O–H groups in total. The standard InChI is InChI=1S/C34H40F2N10O9/c1-18(40-27(49)19-6-9-37-10-7-19)30(52)44-11-2-4-22(44)28(50)41-21(14-20-15-38-17-39-20)31(53)45-12-3-5-23(45)29(51)42-25-8-13-46(33(54)43-25)32-34(35,36)26(48)24(16-47)55-32/h6-10,13,15,17-18,21-24,26,32,47-48H,2-5,11-12,14,16H2,1H3,(H,38,39)(H,40,49)(H,41,50)(H,42,43,51,54)/t18-,21+,22+,23?,24?,26?,32?/m1/s1. The van der Waals surface area contributed by atoms with E-state index in [9.17, 15) is 47.8 Å². The molecule has 19 nitrogen and oxygen atoms in total. The number of alkyl halides is 2. The van der Waals surface area contributed by atoms with Crippen LogP contribution < -0.4 is 21.6 Å². The van der Waals surface area contributed by atoms with Gasteiger partial charge in [0.2, 0.25) is 29.9 Å². The molecule has 0 spiro atoms. The number of rotatable bonds is 12. The Bertz CT molecular complexity index is 1950. The fourth-order valence-corrected chi connectivity index (χ4v) is 6.97. The van der Waals surface area contributed by atoms with E-state index in [1.54, 1.807) is 0 Å². The number of anilines is 1. The summed E-state index contributed by atoms with van der Waals surface area (Å²) in [5.41, 5.74) is -0.423. The van der Waals surface area contributed by atoms with Crippen LogP contribution in [-0.2, 0) is 30.3 Å². The number of carbonyl (C=O) groups excluding carboxylic acids is 5. The van der Waals surface area contributed by atoms with Gasteiger partial charge >= 0.3 is 11.6 Å². The Labute approximate surface area is 311 Å². The van der Waals surface area contributed by atoms with Crippen LogP contribution in [0.4, 0.5) is 14.6 Å². The molecule has 294 valence electrons. The van der Waals surface area contributed by atoms with Crippen molar-refractivity contribution in [2.45, 2.75) is 87.6 Å². The topological polar surface area (TPSA) is 254 Å². The molecule has 0 saturated carbocycles. The second-order valence-corrected chi connectivity index (χ2v) is 13.5. The number of imidazole rings is 1. The van der Waals surface area contributed by atoms with E-state index in [-0.39, 0.29) is 31.7 Å². The number of carbonyl (C=O) groups is 5. The molecule has 0 aromatic carbocycles. The molecule has 55 heavy (non-hydrogen) atoms. The van der Waals surface area contributed by atoms with E-state index in [0.29, 0.717) is 35.1 Å². The number of pyridine rings is 1. The molecule has 3 saturated heterocycles. The van der Waals surface area contributed by atoms with Crippen LogP contribution in [0.1, 0.15) is 54.9 Å². The van der Waals surface area contributed by atoms with Gasteiger partial charge in [0.25, 0.3) is 5.91 Å². The average molecular weight is 771 g/mol. The van der Waals surface area contributed by atoms with Gasteiger partial charge in [0.05, 0.1) is 12.9 Å². The number of hydrogen-bond donors (Lipinski definition) is 6. The summed E-state index contributed by atoms with van der Waals surface area (Å²) in [6, 6.07) is -0.0973. The number of likely N-dealkylation sites (tertiary alicyclic amines) is 2. The van der Waals surface area contributed by atoms with Crippen molar-refractivity contribution in [1.29, 1.82) is 0 Å². The fourth-order valence-electron chi connectivity index (χ4n) is 6.97. The van der Waals surface area contributed by atoms with Gasteiger partial charge in [-0.15, -0.1) is 0 Å². The molecule has 3 aliphatic rings. The van der Waals surface area contributed by atoms with Gasteiger partial charge in [-0.1, -0.05) is 0 Å². The normalized spacial score (nSPS) is 24.3. The van der Waals surface area contributed by atoms with Crippen LogP contribution in [-0.4, -0.2) is 136 Å². The number of aromatic nitrogens is 5. The molecule has 3 fully saturated rings. The zero-order valence-electron chi connectivity index (χ0n) is 29.5. The summed E-state index contributed by atoms with van der Waals surface area (Å²) in [6.07, 6.45) is 1.81. The minimum absolute atomic E-state index is 0.0338. The molecule has 7 atom stereocenters. The smallest absolute Gasteiger partial charge is 0.351 e. The molecule has 3 aromatic rings. The summed E-state index contributed by atoms with van der Waals surface area (Å²) in [7, 11) is 0. The lowest BCUT2D eigenvalue weighted by atomic mass is 10.1. The van der Waals surface area contributed by atoms with Crippen molar-refractivity contribution in [3.05, 3.63) is 71.1 Å². The maximum atomic E-state index is 14.6. The molecule has 6 rings (SSSR count). The number of hydrogen-bond acceptors (Lipinski definition) is 12. The predicted octanol–water partition coefficient (Wildman–Crippen LogP) is -1.29. The van der Waals surface area contributed by atoms with Crippen molar-refractivity contribution in [3.8, 4) is 0 Å². The lowest BCUT2D eigenvalue weighted by molar-refractivity contribution is -0.143. The Morgan fingerprint density at radius 2 is 1.67 bits per heavy atom. The zero-order chi connectivity index (χ0) is 39.4. The number of halogens is 2. The lowest BCUT2D eigenvalue weighted by Gasteiger charge is -2.31. The minimum Gasteiger partial charge on any atom is -0.394 e. The summed E-state index contributed by atoms with van der Waals surface area (Å²) in [4.78, 5) is 97.3. The molecule has 0 aliphatic carbocycles. The van der Waals surface area contributed by atoms with Crippen LogP contribution in [0.15, 0.2) is 54.1 Å². The highest BCUT2D eigenvalue weighted by molar-refractivity contribution is 6.00. The molecule has 21 heteroatoms. The van der Waals surface area contributed by atoms with Gasteiger partial charge in [-0.25, -0.2) is 9.78 Å². The van der Waals surface area contributed by atoms with Gasteiger partial charge in [-0.05, 0) is 50.8 Å². The number of aliphatic hydroxyl groups is 2. The van der Waals surface area contributed by atoms with Crippen molar-refractivity contribution < 1.29 is 47.7 Å². The van der Waals surface area contributed by atoms with Crippen LogP contribution in [0.5, 0.6) is 0 Å².